The minimum Gasteiger partial charge on any atom is -0.458 e. The Bertz CT molecular complexity index is 708. The summed E-state index contributed by atoms with van der Waals surface area (Å²) < 4.78 is 31.6. The fourth-order valence-corrected chi connectivity index (χ4v) is 2.99. The molecule has 132 valence electrons. The number of hydrogen-bond donors (Lipinski definition) is 2. The van der Waals surface area contributed by atoms with Crippen LogP contribution in [0.1, 0.15) is 32.3 Å². The molecule has 0 aromatic heterocycles. The Morgan fingerprint density at radius 2 is 1.83 bits per heavy atom. The molecule has 0 radical (unpaired) electrons. The van der Waals surface area contributed by atoms with Gasteiger partial charge in [0.25, 0.3) is 5.71 Å². The predicted octanol–water partition coefficient (Wildman–Crippen LogP) is -0.315. The van der Waals surface area contributed by atoms with Crippen LogP contribution in [0.15, 0.2) is 29.2 Å². The molecular formula is C16H23N2O5S+. The monoisotopic (exact) mass is 355 g/mol. The van der Waals surface area contributed by atoms with E-state index in [2.05, 4.69) is 9.71 Å². The average molecular weight is 355 g/mol. The quantitative estimate of drug-likeness (QED) is 0.378. The summed E-state index contributed by atoms with van der Waals surface area (Å²) in [5, 5.41) is 0. The number of carbonyl (C=O) groups excluding carboxylic acids is 2. The molecule has 0 saturated heterocycles. The summed E-state index contributed by atoms with van der Waals surface area (Å²) in [4.78, 5) is 25.4. The van der Waals surface area contributed by atoms with E-state index < -0.39 is 16.0 Å². The first-order valence-electron chi connectivity index (χ1n) is 7.63. The molecule has 8 heteroatoms. The molecule has 0 aliphatic heterocycles. The molecule has 7 nitrogen and oxygen atoms in total. The number of sulfonamides is 1. The van der Waals surface area contributed by atoms with E-state index in [0.717, 1.165) is 5.56 Å². The van der Waals surface area contributed by atoms with Gasteiger partial charge < -0.3 is 4.74 Å². The van der Waals surface area contributed by atoms with Crippen molar-refractivity contribution in [3.63, 3.8) is 0 Å². The highest BCUT2D eigenvalue weighted by Gasteiger charge is 2.20. The van der Waals surface area contributed by atoms with Crippen molar-refractivity contribution in [1.29, 1.82) is 0 Å². The fraction of sp³-hybridized carbons (Fsp3) is 0.438. The molecule has 0 spiro atoms. The van der Waals surface area contributed by atoms with E-state index in [-0.39, 0.29) is 36.1 Å². The largest absolute Gasteiger partial charge is 0.458 e. The first-order valence-corrected chi connectivity index (χ1v) is 9.11. The van der Waals surface area contributed by atoms with Gasteiger partial charge in [-0.1, -0.05) is 17.7 Å². The molecule has 0 aliphatic rings. The first kappa shape index (κ1) is 20.0. The lowest BCUT2D eigenvalue weighted by molar-refractivity contribution is -0.376. The van der Waals surface area contributed by atoms with Crippen molar-refractivity contribution in [2.24, 2.45) is 0 Å². The summed E-state index contributed by atoms with van der Waals surface area (Å²) in [7, 11) is -3.59. The third kappa shape index (κ3) is 6.59. The second-order valence-corrected chi connectivity index (χ2v) is 6.96. The smallest absolute Gasteiger partial charge is 0.399 e. The number of ether oxygens (including phenoxy) is 1. The maximum Gasteiger partial charge on any atom is 0.399 e. The molecule has 0 aliphatic carbocycles. The molecule has 1 rings (SSSR count). The zero-order valence-corrected chi connectivity index (χ0v) is 14.9. The minimum absolute atomic E-state index is 0.124. The highest BCUT2D eigenvalue weighted by atomic mass is 32.2. The number of hydrogen-bond acceptors (Lipinski definition) is 5. The summed E-state index contributed by atoms with van der Waals surface area (Å²) in [5.74, 6) is -0.979. The molecule has 0 atom stereocenters. The molecule has 1 amide bonds. The van der Waals surface area contributed by atoms with Crippen LogP contribution in [0.5, 0.6) is 0 Å². The van der Waals surface area contributed by atoms with Crippen LogP contribution in [-0.4, -0.2) is 39.2 Å². The van der Waals surface area contributed by atoms with Crippen molar-refractivity contribution in [2.45, 2.75) is 38.5 Å². The topological polar surface area (TPSA) is 104 Å². The van der Waals surface area contributed by atoms with Crippen LogP contribution in [-0.2, 0) is 24.3 Å². The number of amides is 1. The maximum atomic E-state index is 12.1. The SMILES string of the molecule is CCOC(=O)C(CCCNS(=O)(=O)c1ccc(C)cc1)=[NH+]C(C)=O. The number of nitrogens with one attached hydrogen (secondary N) is 2. The Hall–Kier alpha value is -2.06. The highest BCUT2D eigenvalue weighted by molar-refractivity contribution is 7.89. The summed E-state index contributed by atoms with van der Waals surface area (Å²) in [5.41, 5.74) is 1.09. The summed E-state index contributed by atoms with van der Waals surface area (Å²) in [6, 6.07) is 6.51. The van der Waals surface area contributed by atoms with Crippen LogP contribution in [0, 0.1) is 6.92 Å². The molecular weight excluding hydrogens is 332 g/mol. The van der Waals surface area contributed by atoms with Gasteiger partial charge in [0.1, 0.15) is 0 Å². The fourth-order valence-electron chi connectivity index (χ4n) is 1.92. The third-order valence-electron chi connectivity index (χ3n) is 3.08. The van der Waals surface area contributed by atoms with Gasteiger partial charge in [-0.05, 0) is 32.4 Å². The van der Waals surface area contributed by atoms with E-state index in [4.69, 9.17) is 4.74 Å². The average Bonchev–Trinajstić information content (AvgIpc) is 2.50. The van der Waals surface area contributed by atoms with Crippen LogP contribution < -0.4 is 9.71 Å². The van der Waals surface area contributed by atoms with E-state index in [1.165, 1.54) is 19.1 Å². The van der Waals surface area contributed by atoms with E-state index >= 15 is 0 Å². The molecule has 1 aromatic rings. The van der Waals surface area contributed by atoms with Gasteiger partial charge >= 0.3 is 11.9 Å². The molecule has 0 bridgehead atoms. The lowest BCUT2D eigenvalue weighted by Gasteiger charge is -2.06. The molecule has 0 unspecified atom stereocenters. The number of rotatable bonds is 8. The van der Waals surface area contributed by atoms with Gasteiger partial charge in [0.15, 0.2) is 0 Å². The number of benzene rings is 1. The lowest BCUT2D eigenvalue weighted by Crippen LogP contribution is -2.78. The van der Waals surface area contributed by atoms with E-state index in [1.807, 2.05) is 6.92 Å². The third-order valence-corrected chi connectivity index (χ3v) is 4.55. The molecule has 1 aromatic carbocycles. The summed E-state index contributed by atoms with van der Waals surface area (Å²) >= 11 is 0. The van der Waals surface area contributed by atoms with Gasteiger partial charge in [-0.3, -0.25) is 0 Å². The van der Waals surface area contributed by atoms with Crippen molar-refractivity contribution in [1.82, 2.24) is 4.72 Å². The van der Waals surface area contributed by atoms with E-state index in [9.17, 15) is 18.0 Å². The van der Waals surface area contributed by atoms with E-state index in [0.29, 0.717) is 6.42 Å². The predicted molar refractivity (Wildman–Crippen MR) is 88.9 cm³/mol. The Morgan fingerprint density at radius 1 is 1.21 bits per heavy atom. The van der Waals surface area contributed by atoms with Crippen molar-refractivity contribution in [3.8, 4) is 0 Å². The first-order chi connectivity index (χ1) is 11.3. The van der Waals surface area contributed by atoms with Gasteiger partial charge in [-0.2, -0.15) is 4.99 Å². The standard InChI is InChI=1S/C16H22N2O5S/c1-4-23-16(20)15(18-13(3)19)6-5-11-17-24(21,22)14-9-7-12(2)8-10-14/h7-10,17H,4-6,11H2,1-3H3/p+1. The van der Waals surface area contributed by atoms with Crippen molar-refractivity contribution in [2.75, 3.05) is 13.2 Å². The normalized spacial score (nSPS) is 12.0. The second-order valence-electron chi connectivity index (χ2n) is 5.19. The van der Waals surface area contributed by atoms with Gasteiger partial charge in [-0.25, -0.2) is 22.7 Å². The van der Waals surface area contributed by atoms with E-state index in [1.54, 1.807) is 19.1 Å². The summed E-state index contributed by atoms with van der Waals surface area (Å²) in [6.45, 7) is 5.16. The molecule has 0 heterocycles. The molecule has 0 fully saturated rings. The Labute approximate surface area is 142 Å². The van der Waals surface area contributed by atoms with Gasteiger partial charge in [0.2, 0.25) is 10.0 Å². The number of carbonyl (C=O) groups is 2. The molecule has 0 saturated carbocycles. The molecule has 2 N–H and O–H groups in total. The van der Waals surface area contributed by atoms with Crippen molar-refractivity contribution < 1.29 is 27.7 Å². The lowest BCUT2D eigenvalue weighted by atomic mass is 10.2. The molecule has 24 heavy (non-hydrogen) atoms. The van der Waals surface area contributed by atoms with Crippen LogP contribution in [0.3, 0.4) is 0 Å². The van der Waals surface area contributed by atoms with Crippen molar-refractivity contribution in [3.05, 3.63) is 29.8 Å². The van der Waals surface area contributed by atoms with Crippen LogP contribution in [0.25, 0.3) is 0 Å². The zero-order valence-electron chi connectivity index (χ0n) is 14.1. The van der Waals surface area contributed by atoms with Crippen LogP contribution in [0.2, 0.25) is 0 Å². The Kier molecular flexibility index (Phi) is 7.73. The Morgan fingerprint density at radius 3 is 2.38 bits per heavy atom. The van der Waals surface area contributed by atoms with Gasteiger partial charge in [0, 0.05) is 13.0 Å². The number of esters is 1. The number of aryl methyl sites for hydroxylation is 1. The summed E-state index contributed by atoms with van der Waals surface area (Å²) in [6.07, 6.45) is 0.550. The highest BCUT2D eigenvalue weighted by Crippen LogP contribution is 2.09. The van der Waals surface area contributed by atoms with Crippen LogP contribution in [0.4, 0.5) is 0 Å². The maximum absolute atomic E-state index is 12.1. The van der Waals surface area contributed by atoms with Crippen molar-refractivity contribution >= 4 is 27.6 Å². The minimum atomic E-state index is -3.59. The van der Waals surface area contributed by atoms with Gasteiger partial charge in [-0.15, -0.1) is 0 Å². The zero-order chi connectivity index (χ0) is 18.2. The Balaban J connectivity index is 2.60. The van der Waals surface area contributed by atoms with Crippen LogP contribution >= 0.6 is 0 Å². The second kappa shape index (κ2) is 9.29. The van der Waals surface area contributed by atoms with Gasteiger partial charge in [0.05, 0.1) is 18.4 Å².